The number of rotatable bonds is 6. The van der Waals surface area contributed by atoms with Gasteiger partial charge in [-0.15, -0.1) is 5.10 Å². The van der Waals surface area contributed by atoms with Crippen molar-refractivity contribution in [1.82, 2.24) is 5.32 Å². The van der Waals surface area contributed by atoms with E-state index >= 15 is 0 Å². The maximum atomic E-state index is 13.8. The molecule has 0 aromatic heterocycles. The first-order valence-corrected chi connectivity index (χ1v) is 9.81. The zero-order chi connectivity index (χ0) is 22.4. The SMILES string of the molecule is COC(=O)/C=C1/S/C(=N\N=Cc2cc(Cl)ccc2OCc2cc(F)ccc2F)NC1=O. The Morgan fingerprint density at radius 1 is 1.26 bits per heavy atom. The number of thioether (sulfide) groups is 1. The van der Waals surface area contributed by atoms with E-state index in [1.807, 2.05) is 0 Å². The van der Waals surface area contributed by atoms with Crippen molar-refractivity contribution in [2.45, 2.75) is 6.61 Å². The van der Waals surface area contributed by atoms with Crippen molar-refractivity contribution in [3.05, 3.63) is 75.2 Å². The molecule has 0 spiro atoms. The highest BCUT2D eigenvalue weighted by atomic mass is 35.5. The smallest absolute Gasteiger partial charge is 0.331 e. The van der Waals surface area contributed by atoms with E-state index in [2.05, 4.69) is 20.3 Å². The number of esters is 1. The van der Waals surface area contributed by atoms with Crippen LogP contribution in [0.4, 0.5) is 8.78 Å². The number of amidine groups is 1. The third-order valence-electron chi connectivity index (χ3n) is 3.81. The van der Waals surface area contributed by atoms with Gasteiger partial charge in [0.05, 0.1) is 18.2 Å². The summed E-state index contributed by atoms with van der Waals surface area (Å²) in [6.45, 7) is -0.214. The zero-order valence-electron chi connectivity index (χ0n) is 15.9. The topological polar surface area (TPSA) is 89.3 Å². The van der Waals surface area contributed by atoms with Crippen molar-refractivity contribution < 1.29 is 27.8 Å². The standard InChI is InChI=1S/C20H14ClF2N3O4S/c1-29-18(27)8-17-19(28)25-20(31-17)26-24-9-11-6-13(21)2-5-16(11)30-10-12-7-14(22)3-4-15(12)23/h2-9H,10H2,1H3,(H,25,26,28)/b17-8+,24-9?. The third kappa shape index (κ3) is 6.12. The van der Waals surface area contributed by atoms with Gasteiger partial charge < -0.3 is 9.47 Å². The minimum absolute atomic E-state index is 0.0491. The monoisotopic (exact) mass is 465 g/mol. The van der Waals surface area contributed by atoms with E-state index < -0.39 is 23.5 Å². The van der Waals surface area contributed by atoms with E-state index in [1.54, 1.807) is 18.2 Å². The maximum Gasteiger partial charge on any atom is 0.331 e. The summed E-state index contributed by atoms with van der Waals surface area (Å²) in [6.07, 6.45) is 2.37. The molecule has 0 atom stereocenters. The number of methoxy groups -OCH3 is 1. The van der Waals surface area contributed by atoms with Crippen LogP contribution in [0.15, 0.2) is 57.6 Å². The molecule has 1 N–H and O–H groups in total. The Morgan fingerprint density at radius 2 is 2.06 bits per heavy atom. The normalized spacial score (nSPS) is 16.2. The Hall–Kier alpha value is -3.24. The second kappa shape index (κ2) is 10.2. The summed E-state index contributed by atoms with van der Waals surface area (Å²) < 4.78 is 37.2. The van der Waals surface area contributed by atoms with Crippen molar-refractivity contribution in [1.29, 1.82) is 0 Å². The molecule has 1 aliphatic heterocycles. The number of carbonyl (C=O) groups excluding carboxylic acids is 2. The molecule has 1 amide bonds. The van der Waals surface area contributed by atoms with Crippen LogP contribution < -0.4 is 10.1 Å². The van der Waals surface area contributed by atoms with E-state index in [9.17, 15) is 18.4 Å². The van der Waals surface area contributed by atoms with E-state index in [1.165, 1.54) is 13.3 Å². The molecule has 0 aliphatic carbocycles. The Labute approximate surface area is 184 Å². The molecule has 1 heterocycles. The number of halogens is 3. The molecule has 0 radical (unpaired) electrons. The molecule has 31 heavy (non-hydrogen) atoms. The average Bonchev–Trinajstić information content (AvgIpc) is 3.08. The van der Waals surface area contributed by atoms with Crippen molar-refractivity contribution in [2.75, 3.05) is 7.11 Å². The summed E-state index contributed by atoms with van der Waals surface area (Å²) in [4.78, 5) is 23.2. The summed E-state index contributed by atoms with van der Waals surface area (Å²) in [5.41, 5.74) is 0.474. The average molecular weight is 466 g/mol. The molecule has 1 fully saturated rings. The summed E-state index contributed by atoms with van der Waals surface area (Å²) in [7, 11) is 1.20. The highest BCUT2D eigenvalue weighted by molar-refractivity contribution is 8.18. The van der Waals surface area contributed by atoms with Crippen molar-refractivity contribution in [3.8, 4) is 5.75 Å². The summed E-state index contributed by atoms with van der Waals surface area (Å²) in [6, 6.07) is 7.75. The lowest BCUT2D eigenvalue weighted by atomic mass is 10.2. The number of ether oxygens (including phenoxy) is 2. The Bertz CT molecular complexity index is 1120. The maximum absolute atomic E-state index is 13.8. The van der Waals surface area contributed by atoms with Gasteiger partial charge in [0, 0.05) is 22.2 Å². The second-order valence-corrected chi connectivity index (χ2v) is 7.41. The lowest BCUT2D eigenvalue weighted by Crippen LogP contribution is -2.19. The summed E-state index contributed by atoms with van der Waals surface area (Å²) >= 11 is 6.93. The van der Waals surface area contributed by atoms with Gasteiger partial charge >= 0.3 is 5.97 Å². The molecule has 0 bridgehead atoms. The molecule has 11 heteroatoms. The van der Waals surface area contributed by atoms with Crippen LogP contribution in [0.3, 0.4) is 0 Å². The molecule has 1 aliphatic rings. The number of benzene rings is 2. The van der Waals surface area contributed by atoms with Gasteiger partial charge in [-0.25, -0.2) is 13.6 Å². The first kappa shape index (κ1) is 22.4. The molecule has 2 aromatic rings. The van der Waals surface area contributed by atoms with E-state index in [-0.39, 0.29) is 22.2 Å². The van der Waals surface area contributed by atoms with E-state index in [4.69, 9.17) is 16.3 Å². The molecule has 7 nitrogen and oxygen atoms in total. The lowest BCUT2D eigenvalue weighted by molar-refractivity contribution is -0.135. The Balaban J connectivity index is 1.74. The number of nitrogens with one attached hydrogen (secondary N) is 1. The zero-order valence-corrected chi connectivity index (χ0v) is 17.5. The minimum atomic E-state index is -0.669. The van der Waals surface area contributed by atoms with E-state index in [0.717, 1.165) is 36.0 Å². The van der Waals surface area contributed by atoms with Crippen LogP contribution >= 0.6 is 23.4 Å². The molecule has 0 saturated carbocycles. The Morgan fingerprint density at radius 3 is 2.84 bits per heavy atom. The van der Waals surface area contributed by atoms with Crippen molar-refractivity contribution in [2.24, 2.45) is 10.2 Å². The number of nitrogens with zero attached hydrogens (tertiary/aromatic N) is 2. The number of hydrogen-bond acceptors (Lipinski definition) is 7. The van der Waals surface area contributed by atoms with Gasteiger partial charge in [0.15, 0.2) is 5.17 Å². The van der Waals surface area contributed by atoms with Crippen LogP contribution in [0.25, 0.3) is 0 Å². The number of amides is 1. The quantitative estimate of drug-likeness (QED) is 0.303. The van der Waals surface area contributed by atoms with Crippen LogP contribution in [0.5, 0.6) is 5.75 Å². The second-order valence-electron chi connectivity index (χ2n) is 5.94. The number of carbonyl (C=O) groups is 2. The molecule has 2 aromatic carbocycles. The van der Waals surface area contributed by atoms with Crippen molar-refractivity contribution in [3.63, 3.8) is 0 Å². The van der Waals surface area contributed by atoms with Gasteiger partial charge in [-0.05, 0) is 48.2 Å². The van der Waals surface area contributed by atoms with Crippen LogP contribution in [-0.4, -0.2) is 30.4 Å². The lowest BCUT2D eigenvalue weighted by Gasteiger charge is -2.10. The summed E-state index contributed by atoms with van der Waals surface area (Å²) in [5, 5.41) is 10.8. The van der Waals surface area contributed by atoms with Crippen LogP contribution in [0.2, 0.25) is 5.02 Å². The fraction of sp³-hybridized carbons (Fsp3) is 0.100. The fourth-order valence-electron chi connectivity index (χ4n) is 2.35. The molecule has 160 valence electrons. The van der Waals surface area contributed by atoms with Gasteiger partial charge in [0.25, 0.3) is 5.91 Å². The van der Waals surface area contributed by atoms with Gasteiger partial charge in [0.1, 0.15) is 24.0 Å². The molecule has 1 saturated heterocycles. The fourth-order valence-corrected chi connectivity index (χ4v) is 3.27. The molecule has 3 rings (SSSR count). The predicted molar refractivity (Wildman–Crippen MR) is 113 cm³/mol. The minimum Gasteiger partial charge on any atom is -0.488 e. The summed E-state index contributed by atoms with van der Waals surface area (Å²) in [5.74, 6) is -2.04. The molecular formula is C20H14ClF2N3O4S. The Kier molecular flexibility index (Phi) is 7.37. The van der Waals surface area contributed by atoms with Crippen molar-refractivity contribution >= 4 is 46.6 Å². The first-order chi connectivity index (χ1) is 14.9. The van der Waals surface area contributed by atoms with Gasteiger partial charge in [-0.3, -0.25) is 10.1 Å². The van der Waals surface area contributed by atoms with Gasteiger partial charge in [-0.2, -0.15) is 5.10 Å². The first-order valence-electron chi connectivity index (χ1n) is 8.62. The van der Waals surface area contributed by atoms with Crippen LogP contribution in [0, 0.1) is 11.6 Å². The van der Waals surface area contributed by atoms with Crippen LogP contribution in [0.1, 0.15) is 11.1 Å². The van der Waals surface area contributed by atoms with Gasteiger partial charge in [0.2, 0.25) is 0 Å². The van der Waals surface area contributed by atoms with Crippen LogP contribution in [-0.2, 0) is 20.9 Å². The largest absolute Gasteiger partial charge is 0.488 e. The third-order valence-corrected chi connectivity index (χ3v) is 4.94. The number of hydrogen-bond donors (Lipinski definition) is 1. The van der Waals surface area contributed by atoms with Gasteiger partial charge in [-0.1, -0.05) is 11.6 Å². The highest BCUT2D eigenvalue weighted by Gasteiger charge is 2.25. The molecule has 0 unspecified atom stereocenters. The van der Waals surface area contributed by atoms with E-state index in [0.29, 0.717) is 16.3 Å². The predicted octanol–water partition coefficient (Wildman–Crippen LogP) is 3.81. The molecular weight excluding hydrogens is 452 g/mol. The highest BCUT2D eigenvalue weighted by Crippen LogP contribution is 2.25.